The van der Waals surface area contributed by atoms with Crippen LogP contribution in [0, 0.1) is 42.4 Å². The first-order chi connectivity index (χ1) is 15.4. The van der Waals surface area contributed by atoms with E-state index >= 15 is 0 Å². The van der Waals surface area contributed by atoms with Crippen LogP contribution in [-0.4, -0.2) is 34.2 Å². The lowest BCUT2D eigenvalue weighted by Gasteiger charge is -2.37. The zero-order valence-corrected chi connectivity index (χ0v) is 18.0. The molecule has 1 aromatic heterocycles. The van der Waals surface area contributed by atoms with Gasteiger partial charge in [0.25, 0.3) is 0 Å². The number of allylic oxidation sites excluding steroid dienone is 2. The number of carbonyl (C=O) groups excluding carboxylic acids is 3. The zero-order chi connectivity index (χ0) is 22.1. The molecule has 7 rings (SSSR count). The molecule has 5 aliphatic rings. The lowest BCUT2D eigenvalue weighted by molar-refractivity contribution is -0.124. The molecule has 162 valence electrons. The van der Waals surface area contributed by atoms with Gasteiger partial charge in [-0.15, -0.1) is 0 Å². The summed E-state index contributed by atoms with van der Waals surface area (Å²) in [7, 11) is 0. The number of ketones is 1. The van der Waals surface area contributed by atoms with Crippen molar-refractivity contribution in [3.63, 3.8) is 0 Å². The van der Waals surface area contributed by atoms with Gasteiger partial charge in [0.05, 0.1) is 24.2 Å². The van der Waals surface area contributed by atoms with Crippen LogP contribution >= 0.6 is 11.6 Å². The highest BCUT2D eigenvalue weighted by molar-refractivity contribution is 6.31. The minimum absolute atomic E-state index is 0.0643. The van der Waals surface area contributed by atoms with Gasteiger partial charge in [0, 0.05) is 10.6 Å². The van der Waals surface area contributed by atoms with Crippen molar-refractivity contribution in [2.75, 3.05) is 11.5 Å². The number of anilines is 1. The molecule has 7 nitrogen and oxygen atoms in total. The van der Waals surface area contributed by atoms with Crippen molar-refractivity contribution in [3.8, 4) is 5.75 Å². The van der Waals surface area contributed by atoms with Gasteiger partial charge in [-0.05, 0) is 60.8 Å². The third-order valence-corrected chi connectivity index (χ3v) is 7.75. The molecule has 3 fully saturated rings. The second kappa shape index (κ2) is 6.97. The Morgan fingerprint density at radius 3 is 2.31 bits per heavy atom. The Kier molecular flexibility index (Phi) is 4.27. The highest BCUT2D eigenvalue weighted by Gasteiger charge is 2.67. The average molecular weight is 450 g/mol. The summed E-state index contributed by atoms with van der Waals surface area (Å²) in [6.45, 7) is 1.64. The number of hydrogen-bond donors (Lipinski definition) is 0. The zero-order valence-electron chi connectivity index (χ0n) is 17.3. The first kappa shape index (κ1) is 19.6. The molecule has 0 N–H and O–H groups in total. The second-order valence-corrected chi connectivity index (χ2v) is 9.47. The number of aryl methyl sites for hydroxylation is 1. The van der Waals surface area contributed by atoms with Crippen LogP contribution in [0.5, 0.6) is 5.75 Å². The highest BCUT2D eigenvalue weighted by Crippen LogP contribution is 2.65. The Hall–Kier alpha value is -3.06. The van der Waals surface area contributed by atoms with Crippen molar-refractivity contribution >= 4 is 35.1 Å². The van der Waals surface area contributed by atoms with Crippen molar-refractivity contribution in [2.24, 2.45) is 35.5 Å². The summed E-state index contributed by atoms with van der Waals surface area (Å²) >= 11 is 6.00. The molecular formula is C24H20ClN3O4. The molecule has 4 aliphatic carbocycles. The molecule has 2 amide bonds. The Morgan fingerprint density at radius 2 is 1.72 bits per heavy atom. The molecule has 6 atom stereocenters. The van der Waals surface area contributed by atoms with Crippen LogP contribution in [0.25, 0.3) is 0 Å². The fourth-order valence-corrected chi connectivity index (χ4v) is 5.82. The molecule has 1 aromatic carbocycles. The third kappa shape index (κ3) is 2.84. The molecule has 32 heavy (non-hydrogen) atoms. The predicted octanol–water partition coefficient (Wildman–Crippen LogP) is 3.26. The number of imide groups is 1. The molecule has 2 saturated carbocycles. The third-order valence-electron chi connectivity index (χ3n) is 7.33. The number of nitrogens with zero attached hydrogens (tertiary/aromatic N) is 3. The largest absolute Gasteiger partial charge is 0.482 e. The van der Waals surface area contributed by atoms with E-state index in [9.17, 15) is 14.4 Å². The Labute approximate surface area is 189 Å². The van der Waals surface area contributed by atoms with Crippen LogP contribution in [0.4, 0.5) is 5.95 Å². The van der Waals surface area contributed by atoms with E-state index in [1.807, 2.05) is 6.92 Å². The number of carbonyl (C=O) groups is 3. The molecule has 2 heterocycles. The van der Waals surface area contributed by atoms with Crippen LogP contribution in [-0.2, 0) is 9.59 Å². The van der Waals surface area contributed by atoms with Gasteiger partial charge in [-0.1, -0.05) is 23.8 Å². The maximum atomic E-state index is 13.1. The van der Waals surface area contributed by atoms with Gasteiger partial charge >= 0.3 is 0 Å². The number of benzene rings is 1. The minimum atomic E-state index is -0.291. The van der Waals surface area contributed by atoms with Gasteiger partial charge in [-0.3, -0.25) is 14.4 Å². The summed E-state index contributed by atoms with van der Waals surface area (Å²) in [6, 6.07) is 5.04. The smallest absolute Gasteiger partial charge is 0.240 e. The van der Waals surface area contributed by atoms with Crippen LogP contribution in [0.2, 0.25) is 5.02 Å². The summed E-state index contributed by atoms with van der Waals surface area (Å²) in [5, 5.41) is 0.595. The van der Waals surface area contributed by atoms with Crippen molar-refractivity contribution in [2.45, 2.75) is 13.3 Å². The fraction of sp³-hybridized carbons (Fsp3) is 0.375. The van der Waals surface area contributed by atoms with Gasteiger partial charge in [-0.2, -0.15) is 0 Å². The van der Waals surface area contributed by atoms with E-state index in [1.165, 1.54) is 12.4 Å². The first-order valence-electron chi connectivity index (χ1n) is 10.7. The molecule has 0 radical (unpaired) electrons. The molecule has 8 heteroatoms. The molecule has 1 aliphatic heterocycles. The Bertz CT molecular complexity index is 1160. The van der Waals surface area contributed by atoms with E-state index in [0.29, 0.717) is 22.4 Å². The van der Waals surface area contributed by atoms with Crippen molar-refractivity contribution in [3.05, 3.63) is 58.9 Å². The number of aromatic nitrogens is 2. The van der Waals surface area contributed by atoms with Crippen molar-refractivity contribution in [1.82, 2.24) is 9.97 Å². The lowest BCUT2D eigenvalue weighted by Crippen LogP contribution is -2.40. The molecule has 1 saturated heterocycles. The predicted molar refractivity (Wildman–Crippen MR) is 115 cm³/mol. The SMILES string of the molecule is Cc1cc(C(=O)COc2cnc(N3C(=O)[C@@H]4[C@H](C3=O)[C@@H]3C=C[C@H]4C4CC43)nc2)ccc1Cl. The topological polar surface area (TPSA) is 89.5 Å². The van der Waals surface area contributed by atoms with Crippen molar-refractivity contribution < 1.29 is 19.1 Å². The van der Waals surface area contributed by atoms with E-state index < -0.39 is 0 Å². The van der Waals surface area contributed by atoms with Gasteiger partial charge in [0.2, 0.25) is 17.8 Å². The summed E-state index contributed by atoms with van der Waals surface area (Å²) in [6.07, 6.45) is 8.15. The van der Waals surface area contributed by atoms with Gasteiger partial charge < -0.3 is 4.74 Å². The standard InChI is InChI=1S/C24H20ClN3O4/c1-11-6-12(2-5-18(11)25)19(29)10-32-13-8-26-24(27-9-13)28-22(30)20-14-3-4-15(17-7-16(14)17)21(20)23(28)31/h2-6,8-9,14-17,20-21H,7,10H2,1H3/t14-,15+,16?,17?,20-,21+. The van der Waals surface area contributed by atoms with Crippen LogP contribution < -0.4 is 9.64 Å². The first-order valence-corrected chi connectivity index (χ1v) is 11.1. The average Bonchev–Trinajstić information content (AvgIpc) is 3.58. The molecular weight excluding hydrogens is 430 g/mol. The van der Waals surface area contributed by atoms with Crippen LogP contribution in [0.1, 0.15) is 22.3 Å². The number of ether oxygens (including phenoxy) is 1. The maximum absolute atomic E-state index is 13.1. The van der Waals surface area contributed by atoms with E-state index in [1.54, 1.807) is 18.2 Å². The number of rotatable bonds is 5. The summed E-state index contributed by atoms with van der Waals surface area (Å²) < 4.78 is 5.52. The summed E-state index contributed by atoms with van der Waals surface area (Å²) in [4.78, 5) is 48.1. The van der Waals surface area contributed by atoms with Gasteiger partial charge in [0.15, 0.2) is 18.1 Å². The van der Waals surface area contributed by atoms with E-state index in [2.05, 4.69) is 22.1 Å². The van der Waals surface area contributed by atoms with E-state index in [-0.39, 0.29) is 59.6 Å². The fourth-order valence-electron chi connectivity index (χ4n) is 5.70. The molecule has 2 aromatic rings. The normalized spacial score (nSPS) is 31.5. The number of Topliss-reactive ketones (excluding diaryl/α,β-unsaturated/α-hetero) is 1. The van der Waals surface area contributed by atoms with Crippen LogP contribution in [0.15, 0.2) is 42.7 Å². The monoisotopic (exact) mass is 449 g/mol. The highest BCUT2D eigenvalue weighted by atomic mass is 35.5. The number of halogens is 1. The van der Waals surface area contributed by atoms with Gasteiger partial charge in [-0.25, -0.2) is 14.9 Å². The van der Waals surface area contributed by atoms with Gasteiger partial charge in [0.1, 0.15) is 0 Å². The Balaban J connectivity index is 1.15. The Morgan fingerprint density at radius 1 is 1.09 bits per heavy atom. The maximum Gasteiger partial charge on any atom is 0.240 e. The minimum Gasteiger partial charge on any atom is -0.482 e. The second-order valence-electron chi connectivity index (χ2n) is 9.06. The van der Waals surface area contributed by atoms with Crippen molar-refractivity contribution in [1.29, 1.82) is 0 Å². The van der Waals surface area contributed by atoms with E-state index in [0.717, 1.165) is 16.9 Å². The quantitative estimate of drug-likeness (QED) is 0.395. The molecule has 0 spiro atoms. The van der Waals surface area contributed by atoms with Crippen LogP contribution in [0.3, 0.4) is 0 Å². The number of amides is 2. The van der Waals surface area contributed by atoms with E-state index in [4.69, 9.17) is 16.3 Å². The summed E-state index contributed by atoms with van der Waals surface area (Å²) in [5.74, 6) is 0.554. The number of hydrogen-bond acceptors (Lipinski definition) is 6. The molecule has 2 bridgehead atoms. The molecule has 2 unspecified atom stereocenters. The lowest BCUT2D eigenvalue weighted by atomic mass is 9.63. The summed E-state index contributed by atoms with van der Waals surface area (Å²) in [5.41, 5.74) is 1.31.